The van der Waals surface area contributed by atoms with Crippen molar-refractivity contribution in [3.63, 3.8) is 0 Å². The summed E-state index contributed by atoms with van der Waals surface area (Å²) >= 11 is 0. The Balaban J connectivity index is 2.21. The SMILES string of the molecule is COC(C)(C)CCC(=O)CCc1ccco1. The Labute approximate surface area is 96.8 Å². The largest absolute Gasteiger partial charge is 0.469 e. The van der Waals surface area contributed by atoms with Crippen LogP contribution in [-0.2, 0) is 16.0 Å². The summed E-state index contributed by atoms with van der Waals surface area (Å²) in [6.45, 7) is 3.99. The first kappa shape index (κ1) is 13.0. The Morgan fingerprint density at radius 3 is 2.75 bits per heavy atom. The van der Waals surface area contributed by atoms with E-state index in [1.54, 1.807) is 13.4 Å². The number of Topliss-reactive ketones (excluding diaryl/α,β-unsaturated/α-hetero) is 1. The number of hydrogen-bond donors (Lipinski definition) is 0. The number of ketones is 1. The van der Waals surface area contributed by atoms with Gasteiger partial charge in [-0.25, -0.2) is 0 Å². The average molecular weight is 224 g/mol. The van der Waals surface area contributed by atoms with Gasteiger partial charge in [0.05, 0.1) is 11.9 Å². The maximum Gasteiger partial charge on any atom is 0.133 e. The van der Waals surface area contributed by atoms with Crippen LogP contribution in [0.4, 0.5) is 0 Å². The van der Waals surface area contributed by atoms with Crippen molar-refractivity contribution in [2.45, 2.75) is 45.1 Å². The summed E-state index contributed by atoms with van der Waals surface area (Å²) in [6.07, 6.45) is 4.21. The van der Waals surface area contributed by atoms with E-state index in [2.05, 4.69) is 0 Å². The molecule has 1 rings (SSSR count). The lowest BCUT2D eigenvalue weighted by atomic mass is 9.99. The third-order valence-electron chi connectivity index (χ3n) is 2.79. The highest BCUT2D eigenvalue weighted by molar-refractivity contribution is 5.78. The molecule has 1 aromatic rings. The molecule has 90 valence electrons. The van der Waals surface area contributed by atoms with Crippen LogP contribution < -0.4 is 0 Å². The highest BCUT2D eigenvalue weighted by Gasteiger charge is 2.17. The molecule has 0 bridgehead atoms. The predicted molar refractivity (Wildman–Crippen MR) is 62.4 cm³/mol. The molecule has 0 fully saturated rings. The smallest absolute Gasteiger partial charge is 0.133 e. The summed E-state index contributed by atoms with van der Waals surface area (Å²) in [5.41, 5.74) is -0.208. The molecule has 0 saturated heterocycles. The summed E-state index contributed by atoms with van der Waals surface area (Å²) in [6, 6.07) is 3.74. The highest BCUT2D eigenvalue weighted by Crippen LogP contribution is 2.16. The number of carbonyl (C=O) groups excluding carboxylic acids is 1. The van der Waals surface area contributed by atoms with Crippen molar-refractivity contribution < 1.29 is 13.9 Å². The van der Waals surface area contributed by atoms with Gasteiger partial charge in [0, 0.05) is 26.4 Å². The van der Waals surface area contributed by atoms with Gasteiger partial charge in [-0.05, 0) is 32.4 Å². The predicted octanol–water partition coefficient (Wildman–Crippen LogP) is 2.99. The monoisotopic (exact) mass is 224 g/mol. The number of hydrogen-bond acceptors (Lipinski definition) is 3. The fourth-order valence-corrected chi connectivity index (χ4v) is 1.38. The Bertz CT molecular complexity index is 312. The maximum atomic E-state index is 11.6. The summed E-state index contributed by atoms with van der Waals surface area (Å²) < 4.78 is 10.4. The summed E-state index contributed by atoms with van der Waals surface area (Å²) in [5.74, 6) is 1.14. The first-order valence-corrected chi connectivity index (χ1v) is 5.63. The Morgan fingerprint density at radius 1 is 1.44 bits per heavy atom. The molecule has 0 aliphatic carbocycles. The third kappa shape index (κ3) is 4.62. The molecule has 0 aliphatic rings. The van der Waals surface area contributed by atoms with Crippen LogP contribution in [0.25, 0.3) is 0 Å². The molecule has 0 unspecified atom stereocenters. The van der Waals surface area contributed by atoms with Gasteiger partial charge in [0.1, 0.15) is 11.5 Å². The molecule has 0 N–H and O–H groups in total. The number of carbonyl (C=O) groups is 1. The van der Waals surface area contributed by atoms with Crippen LogP contribution in [0.2, 0.25) is 0 Å². The van der Waals surface area contributed by atoms with Crippen molar-refractivity contribution in [1.82, 2.24) is 0 Å². The lowest BCUT2D eigenvalue weighted by Crippen LogP contribution is -2.23. The van der Waals surface area contributed by atoms with Gasteiger partial charge >= 0.3 is 0 Å². The number of furan rings is 1. The van der Waals surface area contributed by atoms with Gasteiger partial charge in [-0.15, -0.1) is 0 Å². The van der Waals surface area contributed by atoms with E-state index in [-0.39, 0.29) is 11.4 Å². The summed E-state index contributed by atoms with van der Waals surface area (Å²) in [5, 5.41) is 0. The number of aryl methyl sites for hydroxylation is 1. The van der Waals surface area contributed by atoms with E-state index in [0.717, 1.165) is 12.2 Å². The van der Waals surface area contributed by atoms with Crippen molar-refractivity contribution in [2.24, 2.45) is 0 Å². The van der Waals surface area contributed by atoms with Gasteiger partial charge in [-0.3, -0.25) is 4.79 Å². The van der Waals surface area contributed by atoms with Gasteiger partial charge in [0.25, 0.3) is 0 Å². The van der Waals surface area contributed by atoms with Crippen LogP contribution in [0.1, 0.15) is 38.9 Å². The topological polar surface area (TPSA) is 39.4 Å². The Kier molecular flexibility index (Phi) is 4.74. The molecule has 3 nitrogen and oxygen atoms in total. The van der Waals surface area contributed by atoms with Crippen molar-refractivity contribution in [2.75, 3.05) is 7.11 Å². The second kappa shape index (κ2) is 5.85. The Morgan fingerprint density at radius 2 is 2.19 bits per heavy atom. The molecule has 1 heterocycles. The zero-order chi connectivity index (χ0) is 12.0. The van der Waals surface area contributed by atoms with E-state index < -0.39 is 0 Å². The highest BCUT2D eigenvalue weighted by atomic mass is 16.5. The molecule has 0 amide bonds. The molecule has 0 aromatic carbocycles. The summed E-state index contributed by atoms with van der Waals surface area (Å²) in [4.78, 5) is 11.6. The van der Waals surface area contributed by atoms with Crippen LogP contribution in [0, 0.1) is 0 Å². The minimum absolute atomic E-state index is 0.208. The minimum atomic E-state index is -0.208. The third-order valence-corrected chi connectivity index (χ3v) is 2.79. The quantitative estimate of drug-likeness (QED) is 0.714. The molecular formula is C13H20O3. The van der Waals surface area contributed by atoms with Gasteiger partial charge in [-0.2, -0.15) is 0 Å². The second-order valence-electron chi connectivity index (χ2n) is 4.58. The zero-order valence-electron chi connectivity index (χ0n) is 10.3. The van der Waals surface area contributed by atoms with Gasteiger partial charge < -0.3 is 9.15 Å². The molecule has 1 aromatic heterocycles. The lowest BCUT2D eigenvalue weighted by Gasteiger charge is -2.22. The second-order valence-corrected chi connectivity index (χ2v) is 4.58. The van der Waals surface area contributed by atoms with Gasteiger partial charge in [0.2, 0.25) is 0 Å². The molecule has 0 radical (unpaired) electrons. The fourth-order valence-electron chi connectivity index (χ4n) is 1.38. The van der Waals surface area contributed by atoms with Crippen LogP contribution in [0.5, 0.6) is 0 Å². The summed E-state index contributed by atoms with van der Waals surface area (Å²) in [7, 11) is 1.67. The van der Waals surface area contributed by atoms with Crippen LogP contribution in [-0.4, -0.2) is 18.5 Å². The number of ether oxygens (including phenoxy) is 1. The van der Waals surface area contributed by atoms with E-state index in [1.807, 2.05) is 26.0 Å². The molecule has 0 spiro atoms. The zero-order valence-corrected chi connectivity index (χ0v) is 10.3. The molecular weight excluding hydrogens is 204 g/mol. The fraction of sp³-hybridized carbons (Fsp3) is 0.615. The minimum Gasteiger partial charge on any atom is -0.469 e. The number of methoxy groups -OCH3 is 1. The van der Waals surface area contributed by atoms with Crippen molar-refractivity contribution in [3.8, 4) is 0 Å². The van der Waals surface area contributed by atoms with E-state index in [9.17, 15) is 4.79 Å². The van der Waals surface area contributed by atoms with Crippen LogP contribution in [0.15, 0.2) is 22.8 Å². The van der Waals surface area contributed by atoms with Gasteiger partial charge in [0.15, 0.2) is 0 Å². The lowest BCUT2D eigenvalue weighted by molar-refractivity contribution is -0.120. The van der Waals surface area contributed by atoms with Crippen molar-refractivity contribution in [1.29, 1.82) is 0 Å². The standard InChI is InChI=1S/C13H20O3/c1-13(2,15-3)9-8-11(14)6-7-12-5-4-10-16-12/h4-5,10H,6-9H2,1-3H3. The van der Waals surface area contributed by atoms with Crippen molar-refractivity contribution in [3.05, 3.63) is 24.2 Å². The average Bonchev–Trinajstić information content (AvgIpc) is 2.76. The first-order chi connectivity index (χ1) is 7.53. The van der Waals surface area contributed by atoms with Crippen LogP contribution >= 0.6 is 0 Å². The van der Waals surface area contributed by atoms with Gasteiger partial charge in [-0.1, -0.05) is 0 Å². The van der Waals surface area contributed by atoms with Crippen molar-refractivity contribution >= 4 is 5.78 Å². The molecule has 0 saturated carbocycles. The normalized spacial score (nSPS) is 11.7. The molecule has 0 atom stereocenters. The number of rotatable bonds is 7. The molecule has 0 aliphatic heterocycles. The first-order valence-electron chi connectivity index (χ1n) is 5.63. The van der Waals surface area contributed by atoms with Crippen LogP contribution in [0.3, 0.4) is 0 Å². The van der Waals surface area contributed by atoms with E-state index in [4.69, 9.17) is 9.15 Å². The molecule has 3 heteroatoms. The van der Waals surface area contributed by atoms with E-state index >= 15 is 0 Å². The molecule has 16 heavy (non-hydrogen) atoms. The van der Waals surface area contributed by atoms with E-state index in [0.29, 0.717) is 19.3 Å². The van der Waals surface area contributed by atoms with E-state index in [1.165, 1.54) is 0 Å². The Hall–Kier alpha value is -1.09. The maximum absolute atomic E-state index is 11.6.